The van der Waals surface area contributed by atoms with E-state index < -0.39 is 18.1 Å². The maximum atomic E-state index is 11.0. The fourth-order valence-electron chi connectivity index (χ4n) is 0.779. The zero-order valence-corrected chi connectivity index (χ0v) is 8.03. The largest absolute Gasteiger partial charge is 0.467 e. The van der Waals surface area contributed by atoms with Crippen molar-refractivity contribution in [2.24, 2.45) is 0 Å². The van der Waals surface area contributed by atoms with Gasteiger partial charge >= 0.3 is 5.97 Å². The Morgan fingerprint density at radius 1 is 1.54 bits per heavy atom. The van der Waals surface area contributed by atoms with Crippen molar-refractivity contribution in [1.82, 2.24) is 5.32 Å². The SMILES string of the molecule is CCC(=O)N[C@H](C(=O)OC)[C@@H](C)O. The Balaban J connectivity index is 4.26. The van der Waals surface area contributed by atoms with Crippen LogP contribution in [0, 0.1) is 0 Å². The van der Waals surface area contributed by atoms with E-state index in [0.717, 1.165) is 0 Å². The summed E-state index contributed by atoms with van der Waals surface area (Å²) < 4.78 is 4.41. The van der Waals surface area contributed by atoms with Gasteiger partial charge in [0, 0.05) is 6.42 Å². The lowest BCUT2D eigenvalue weighted by molar-refractivity contribution is -0.148. The molecule has 0 aromatic carbocycles. The number of aliphatic hydroxyl groups is 1. The van der Waals surface area contributed by atoms with E-state index in [-0.39, 0.29) is 12.3 Å². The number of nitrogens with one attached hydrogen (secondary N) is 1. The van der Waals surface area contributed by atoms with Crippen LogP contribution in [0.3, 0.4) is 0 Å². The molecule has 1 amide bonds. The summed E-state index contributed by atoms with van der Waals surface area (Å²) in [6.07, 6.45) is -0.692. The van der Waals surface area contributed by atoms with Crippen molar-refractivity contribution in [3.8, 4) is 0 Å². The van der Waals surface area contributed by atoms with Gasteiger partial charge in [0.2, 0.25) is 5.91 Å². The minimum absolute atomic E-state index is 0.264. The van der Waals surface area contributed by atoms with E-state index in [9.17, 15) is 9.59 Å². The first-order valence-corrected chi connectivity index (χ1v) is 4.08. The number of ether oxygens (including phenoxy) is 1. The van der Waals surface area contributed by atoms with E-state index in [2.05, 4.69) is 10.1 Å². The molecule has 0 aromatic rings. The highest BCUT2D eigenvalue weighted by atomic mass is 16.5. The molecule has 76 valence electrons. The van der Waals surface area contributed by atoms with Crippen molar-refractivity contribution in [2.45, 2.75) is 32.4 Å². The zero-order valence-electron chi connectivity index (χ0n) is 8.03. The summed E-state index contributed by atoms with van der Waals surface area (Å²) in [5.74, 6) is -0.937. The molecule has 2 N–H and O–H groups in total. The number of carbonyl (C=O) groups excluding carboxylic acids is 2. The number of rotatable bonds is 4. The Morgan fingerprint density at radius 3 is 2.38 bits per heavy atom. The maximum Gasteiger partial charge on any atom is 0.331 e. The molecule has 0 saturated carbocycles. The fraction of sp³-hybridized carbons (Fsp3) is 0.750. The first-order chi connectivity index (χ1) is 6.02. The third kappa shape index (κ3) is 3.89. The summed E-state index contributed by atoms with van der Waals surface area (Å²) in [4.78, 5) is 21.9. The van der Waals surface area contributed by atoms with E-state index in [0.29, 0.717) is 0 Å². The Bertz CT molecular complexity index is 191. The molecule has 0 bridgehead atoms. The lowest BCUT2D eigenvalue weighted by Crippen LogP contribution is -2.48. The summed E-state index contributed by atoms with van der Waals surface area (Å²) in [5.41, 5.74) is 0. The highest BCUT2D eigenvalue weighted by Gasteiger charge is 2.25. The van der Waals surface area contributed by atoms with Crippen LogP contribution >= 0.6 is 0 Å². The second kappa shape index (κ2) is 5.53. The van der Waals surface area contributed by atoms with Crippen molar-refractivity contribution in [2.75, 3.05) is 7.11 Å². The number of hydrogen-bond donors (Lipinski definition) is 2. The molecule has 2 atom stereocenters. The van der Waals surface area contributed by atoms with Gasteiger partial charge in [0.1, 0.15) is 0 Å². The van der Waals surface area contributed by atoms with Gasteiger partial charge in [-0.1, -0.05) is 6.92 Å². The third-order valence-electron chi connectivity index (χ3n) is 1.58. The number of aliphatic hydroxyl groups excluding tert-OH is 1. The van der Waals surface area contributed by atoms with Crippen LogP contribution in [-0.4, -0.2) is 36.2 Å². The molecule has 0 heterocycles. The Labute approximate surface area is 77.1 Å². The maximum absolute atomic E-state index is 11.0. The van der Waals surface area contributed by atoms with Crippen LogP contribution in [0.2, 0.25) is 0 Å². The van der Waals surface area contributed by atoms with Crippen molar-refractivity contribution in [1.29, 1.82) is 0 Å². The number of esters is 1. The average Bonchev–Trinajstić information content (AvgIpc) is 2.11. The molecule has 5 nitrogen and oxygen atoms in total. The monoisotopic (exact) mass is 189 g/mol. The van der Waals surface area contributed by atoms with Gasteiger partial charge < -0.3 is 15.2 Å². The number of methoxy groups -OCH3 is 1. The van der Waals surface area contributed by atoms with Gasteiger partial charge in [-0.3, -0.25) is 4.79 Å². The molecule has 0 aromatic heterocycles. The first-order valence-electron chi connectivity index (χ1n) is 4.08. The fourth-order valence-corrected chi connectivity index (χ4v) is 0.779. The number of amides is 1. The van der Waals surface area contributed by atoms with Crippen LogP contribution in [-0.2, 0) is 14.3 Å². The van der Waals surface area contributed by atoms with E-state index in [1.165, 1.54) is 14.0 Å². The average molecular weight is 189 g/mol. The molecule has 0 aliphatic carbocycles. The van der Waals surface area contributed by atoms with Crippen molar-refractivity contribution >= 4 is 11.9 Å². The van der Waals surface area contributed by atoms with Gasteiger partial charge in [0.25, 0.3) is 0 Å². The summed E-state index contributed by atoms with van der Waals surface area (Å²) in [6.45, 7) is 3.07. The first kappa shape index (κ1) is 11.9. The van der Waals surface area contributed by atoms with Crippen LogP contribution in [0.15, 0.2) is 0 Å². The Hall–Kier alpha value is -1.10. The van der Waals surface area contributed by atoms with Crippen LogP contribution in [0.4, 0.5) is 0 Å². The minimum Gasteiger partial charge on any atom is -0.467 e. The Morgan fingerprint density at radius 2 is 2.08 bits per heavy atom. The molecular weight excluding hydrogens is 174 g/mol. The number of carbonyl (C=O) groups is 2. The van der Waals surface area contributed by atoms with Crippen molar-refractivity contribution in [3.63, 3.8) is 0 Å². The van der Waals surface area contributed by atoms with Crippen LogP contribution < -0.4 is 5.32 Å². The predicted molar refractivity (Wildman–Crippen MR) is 45.9 cm³/mol. The van der Waals surface area contributed by atoms with Gasteiger partial charge in [-0.05, 0) is 6.92 Å². The third-order valence-corrected chi connectivity index (χ3v) is 1.58. The van der Waals surface area contributed by atoms with Gasteiger partial charge in [-0.15, -0.1) is 0 Å². The Kier molecular flexibility index (Phi) is 5.06. The molecule has 0 fully saturated rings. The quantitative estimate of drug-likeness (QED) is 0.581. The summed E-state index contributed by atoms with van der Waals surface area (Å²) >= 11 is 0. The molecule has 0 saturated heterocycles. The van der Waals surface area contributed by atoms with Crippen LogP contribution in [0.25, 0.3) is 0 Å². The topological polar surface area (TPSA) is 75.6 Å². The van der Waals surface area contributed by atoms with Crippen LogP contribution in [0.1, 0.15) is 20.3 Å². The predicted octanol–water partition coefficient (Wildman–Crippen LogP) is -0.565. The van der Waals surface area contributed by atoms with E-state index in [4.69, 9.17) is 5.11 Å². The second-order valence-electron chi connectivity index (χ2n) is 2.66. The minimum atomic E-state index is -0.975. The van der Waals surface area contributed by atoms with E-state index in [1.54, 1.807) is 6.92 Å². The van der Waals surface area contributed by atoms with Gasteiger partial charge in [0.05, 0.1) is 13.2 Å². The molecule has 0 spiro atoms. The molecule has 0 aliphatic rings. The van der Waals surface area contributed by atoms with E-state index in [1.807, 2.05) is 0 Å². The summed E-state index contributed by atoms with van der Waals surface area (Å²) in [5, 5.41) is 11.5. The lowest BCUT2D eigenvalue weighted by Gasteiger charge is -2.18. The molecule has 0 aliphatic heterocycles. The summed E-state index contributed by atoms with van der Waals surface area (Å²) in [6, 6.07) is -0.975. The normalized spacial score (nSPS) is 14.5. The van der Waals surface area contributed by atoms with Crippen molar-refractivity contribution in [3.05, 3.63) is 0 Å². The second-order valence-corrected chi connectivity index (χ2v) is 2.66. The molecular formula is C8H15NO4. The molecule has 0 unspecified atom stereocenters. The van der Waals surface area contributed by atoms with Crippen LogP contribution in [0.5, 0.6) is 0 Å². The zero-order chi connectivity index (χ0) is 10.4. The molecule has 13 heavy (non-hydrogen) atoms. The summed E-state index contributed by atoms with van der Waals surface area (Å²) in [7, 11) is 1.20. The smallest absolute Gasteiger partial charge is 0.331 e. The standard InChI is InChI=1S/C8H15NO4/c1-4-6(11)9-7(5(2)10)8(12)13-3/h5,7,10H,4H2,1-3H3,(H,9,11)/t5-,7+/m1/s1. The molecule has 0 rings (SSSR count). The van der Waals surface area contributed by atoms with E-state index >= 15 is 0 Å². The molecule has 0 radical (unpaired) electrons. The van der Waals surface area contributed by atoms with Gasteiger partial charge in [-0.2, -0.15) is 0 Å². The lowest BCUT2D eigenvalue weighted by atomic mass is 10.2. The van der Waals surface area contributed by atoms with Gasteiger partial charge in [-0.25, -0.2) is 4.79 Å². The number of hydrogen-bond acceptors (Lipinski definition) is 4. The highest BCUT2D eigenvalue weighted by Crippen LogP contribution is 1.96. The highest BCUT2D eigenvalue weighted by molar-refractivity contribution is 5.84. The van der Waals surface area contributed by atoms with Gasteiger partial charge in [0.15, 0.2) is 6.04 Å². The molecule has 5 heteroatoms. The van der Waals surface area contributed by atoms with Crippen molar-refractivity contribution < 1.29 is 19.4 Å².